The van der Waals surface area contributed by atoms with Crippen LogP contribution in [-0.4, -0.2) is 50.5 Å². The van der Waals surface area contributed by atoms with E-state index in [0.717, 1.165) is 51.4 Å². The van der Waals surface area contributed by atoms with Gasteiger partial charge in [-0.1, -0.05) is 15.9 Å². The van der Waals surface area contributed by atoms with Crippen molar-refractivity contribution in [2.75, 3.05) is 13.1 Å². The number of nitrogens with zero attached hydrogens (tertiary/aromatic N) is 2. The lowest BCUT2D eigenvalue weighted by molar-refractivity contribution is -0.139. The Balaban J connectivity index is 1.45. The lowest BCUT2D eigenvalue weighted by Crippen LogP contribution is -2.69. The number of likely N-dealkylation sites (tertiary alicyclic amines) is 1. The standard InChI is InChI=1S/C17H24BrN3O2/c18-15-4-12-5-16(9-15,11-17(23,6-12)10-15)20-8-14(22)21-3-1-2-13(21)7-19/h12-13,20,23H,1-6,8-11H2/t12?,13-,15?,16?,17?/m0/s1. The van der Waals surface area contributed by atoms with Gasteiger partial charge in [0.2, 0.25) is 5.91 Å². The topological polar surface area (TPSA) is 76.4 Å². The Bertz CT molecular complexity index is 557. The average molecular weight is 382 g/mol. The second kappa shape index (κ2) is 5.18. The maximum Gasteiger partial charge on any atom is 0.237 e. The summed E-state index contributed by atoms with van der Waals surface area (Å²) < 4.78 is 0.0278. The second-order valence-electron chi connectivity index (χ2n) is 8.39. The molecule has 1 amide bonds. The fourth-order valence-electron chi connectivity index (χ4n) is 6.03. The third-order valence-electron chi connectivity index (χ3n) is 6.31. The molecule has 5 fully saturated rings. The molecular weight excluding hydrogens is 358 g/mol. The van der Waals surface area contributed by atoms with Gasteiger partial charge in [0.25, 0.3) is 0 Å². The third kappa shape index (κ3) is 2.71. The molecule has 126 valence electrons. The minimum absolute atomic E-state index is 0.0278. The summed E-state index contributed by atoms with van der Waals surface area (Å²) in [4.78, 5) is 14.2. The van der Waals surface area contributed by atoms with Gasteiger partial charge in [-0.3, -0.25) is 4.79 Å². The quantitative estimate of drug-likeness (QED) is 0.729. The molecule has 6 heteroatoms. The van der Waals surface area contributed by atoms with E-state index in [9.17, 15) is 9.90 Å². The van der Waals surface area contributed by atoms with E-state index in [2.05, 4.69) is 27.3 Å². The number of nitriles is 1. The first-order valence-electron chi connectivity index (χ1n) is 8.70. The number of alkyl halides is 1. The van der Waals surface area contributed by atoms with Crippen molar-refractivity contribution in [3.63, 3.8) is 0 Å². The van der Waals surface area contributed by atoms with E-state index in [1.165, 1.54) is 0 Å². The van der Waals surface area contributed by atoms with Crippen molar-refractivity contribution in [3.05, 3.63) is 0 Å². The zero-order valence-electron chi connectivity index (χ0n) is 13.4. The highest BCUT2D eigenvalue weighted by Gasteiger charge is 2.62. The van der Waals surface area contributed by atoms with E-state index in [4.69, 9.17) is 5.26 Å². The molecule has 0 radical (unpaired) electrons. The van der Waals surface area contributed by atoms with Crippen LogP contribution in [0.15, 0.2) is 0 Å². The molecule has 0 aromatic rings. The van der Waals surface area contributed by atoms with Gasteiger partial charge in [-0.25, -0.2) is 0 Å². The lowest BCUT2D eigenvalue weighted by atomic mass is 9.51. The van der Waals surface area contributed by atoms with Gasteiger partial charge < -0.3 is 15.3 Å². The molecule has 4 aliphatic carbocycles. The maximum absolute atomic E-state index is 12.5. The normalized spacial score (nSPS) is 47.8. The summed E-state index contributed by atoms with van der Waals surface area (Å²) in [6.07, 6.45) is 7.36. The smallest absolute Gasteiger partial charge is 0.237 e. The number of hydrogen-bond acceptors (Lipinski definition) is 4. The van der Waals surface area contributed by atoms with E-state index < -0.39 is 5.60 Å². The Morgan fingerprint density at radius 2 is 2.17 bits per heavy atom. The molecule has 1 heterocycles. The zero-order valence-corrected chi connectivity index (χ0v) is 14.9. The van der Waals surface area contributed by atoms with Crippen LogP contribution in [-0.2, 0) is 4.79 Å². The first-order valence-corrected chi connectivity index (χ1v) is 9.49. The van der Waals surface area contributed by atoms with Crippen LogP contribution in [0.4, 0.5) is 0 Å². The molecule has 5 nitrogen and oxygen atoms in total. The van der Waals surface area contributed by atoms with Crippen molar-refractivity contribution in [3.8, 4) is 6.07 Å². The molecule has 5 rings (SSSR count). The molecule has 5 atom stereocenters. The lowest BCUT2D eigenvalue weighted by Gasteiger charge is -2.63. The predicted molar refractivity (Wildman–Crippen MR) is 88.9 cm³/mol. The van der Waals surface area contributed by atoms with Crippen molar-refractivity contribution in [1.82, 2.24) is 10.2 Å². The molecular formula is C17H24BrN3O2. The van der Waals surface area contributed by atoms with Crippen molar-refractivity contribution < 1.29 is 9.90 Å². The maximum atomic E-state index is 12.5. The van der Waals surface area contributed by atoms with Gasteiger partial charge in [-0.05, 0) is 57.3 Å². The third-order valence-corrected chi connectivity index (χ3v) is 7.19. The number of amides is 1. The van der Waals surface area contributed by atoms with Crippen molar-refractivity contribution in [2.24, 2.45) is 5.92 Å². The second-order valence-corrected chi connectivity index (χ2v) is 10.1. The van der Waals surface area contributed by atoms with E-state index in [-0.39, 0.29) is 28.4 Å². The Kier molecular flexibility index (Phi) is 3.57. The number of halogens is 1. The highest BCUT2D eigenvalue weighted by molar-refractivity contribution is 9.10. The summed E-state index contributed by atoms with van der Waals surface area (Å²) in [6.45, 7) is 0.977. The Hall–Kier alpha value is -0.640. The minimum Gasteiger partial charge on any atom is -0.390 e. The number of aliphatic hydroxyl groups is 1. The van der Waals surface area contributed by atoms with Gasteiger partial charge >= 0.3 is 0 Å². The summed E-state index contributed by atoms with van der Waals surface area (Å²) in [7, 11) is 0. The van der Waals surface area contributed by atoms with Gasteiger partial charge in [-0.15, -0.1) is 0 Å². The monoisotopic (exact) mass is 381 g/mol. The molecule has 4 bridgehead atoms. The molecule has 1 aliphatic heterocycles. The Morgan fingerprint density at radius 3 is 2.87 bits per heavy atom. The molecule has 0 spiro atoms. The minimum atomic E-state index is -0.582. The number of nitrogens with one attached hydrogen (secondary N) is 1. The van der Waals surface area contributed by atoms with Crippen LogP contribution in [0.5, 0.6) is 0 Å². The molecule has 2 N–H and O–H groups in total. The number of rotatable bonds is 3. The van der Waals surface area contributed by atoms with E-state index in [1.54, 1.807) is 4.90 Å². The summed E-state index contributed by atoms with van der Waals surface area (Å²) >= 11 is 3.88. The van der Waals surface area contributed by atoms with Gasteiger partial charge in [-0.2, -0.15) is 5.26 Å². The van der Waals surface area contributed by atoms with E-state index in [0.29, 0.717) is 12.5 Å². The molecule has 4 saturated carbocycles. The summed E-state index contributed by atoms with van der Waals surface area (Å²) in [5.74, 6) is 0.567. The number of hydrogen-bond donors (Lipinski definition) is 2. The summed E-state index contributed by atoms with van der Waals surface area (Å²) in [6, 6.07) is 1.97. The Morgan fingerprint density at radius 1 is 1.35 bits per heavy atom. The average Bonchev–Trinajstić information content (AvgIpc) is 2.89. The van der Waals surface area contributed by atoms with Crippen LogP contribution in [0.25, 0.3) is 0 Å². The number of carbonyl (C=O) groups is 1. The van der Waals surface area contributed by atoms with Crippen LogP contribution in [0.2, 0.25) is 0 Å². The summed E-state index contributed by atoms with van der Waals surface area (Å²) in [5, 5.41) is 23.5. The van der Waals surface area contributed by atoms with Crippen LogP contribution >= 0.6 is 15.9 Å². The van der Waals surface area contributed by atoms with Crippen LogP contribution in [0.1, 0.15) is 51.4 Å². The Labute approximate surface area is 145 Å². The van der Waals surface area contributed by atoms with Gasteiger partial charge in [0.15, 0.2) is 0 Å². The van der Waals surface area contributed by atoms with Crippen molar-refractivity contribution in [2.45, 2.75) is 72.9 Å². The van der Waals surface area contributed by atoms with Crippen LogP contribution in [0.3, 0.4) is 0 Å². The first kappa shape index (κ1) is 15.9. The van der Waals surface area contributed by atoms with E-state index in [1.807, 2.05) is 0 Å². The van der Waals surface area contributed by atoms with Crippen LogP contribution in [0, 0.1) is 17.2 Å². The fraction of sp³-hybridized carbons (Fsp3) is 0.882. The first-order chi connectivity index (χ1) is 10.8. The molecule has 5 aliphatic rings. The van der Waals surface area contributed by atoms with Gasteiger partial charge in [0.1, 0.15) is 6.04 Å². The van der Waals surface area contributed by atoms with Gasteiger partial charge in [0, 0.05) is 16.4 Å². The number of carbonyl (C=O) groups excluding carboxylic acids is 1. The molecule has 0 aromatic carbocycles. The van der Waals surface area contributed by atoms with Crippen molar-refractivity contribution in [1.29, 1.82) is 5.26 Å². The summed E-state index contributed by atoms with van der Waals surface area (Å²) in [5.41, 5.74) is -0.711. The largest absolute Gasteiger partial charge is 0.390 e. The molecule has 23 heavy (non-hydrogen) atoms. The molecule has 1 saturated heterocycles. The van der Waals surface area contributed by atoms with Crippen LogP contribution < -0.4 is 5.32 Å². The SMILES string of the molecule is N#C[C@@H]1CCCN1C(=O)CNC12CC3CC(O)(CC(Br)(C3)C1)C2. The van der Waals surface area contributed by atoms with E-state index >= 15 is 0 Å². The predicted octanol–water partition coefficient (Wildman–Crippen LogP) is 1.69. The van der Waals surface area contributed by atoms with Crippen molar-refractivity contribution >= 4 is 21.8 Å². The zero-order chi connectivity index (χ0) is 16.3. The highest BCUT2D eigenvalue weighted by atomic mass is 79.9. The molecule has 0 aromatic heterocycles. The highest BCUT2D eigenvalue weighted by Crippen LogP contribution is 2.62. The van der Waals surface area contributed by atoms with Gasteiger partial charge in [0.05, 0.1) is 18.2 Å². The fourth-order valence-corrected chi connectivity index (χ4v) is 7.55. The molecule has 4 unspecified atom stereocenters.